The Morgan fingerprint density at radius 2 is 2.07 bits per heavy atom. The molecule has 0 aliphatic rings. The summed E-state index contributed by atoms with van der Waals surface area (Å²) in [6.45, 7) is 9.20. The van der Waals surface area contributed by atoms with E-state index in [1.54, 1.807) is 11.7 Å². The molecular weight excluding hydrogens is 203 g/mol. The number of aliphatic imine (C=N–C) groups is 1. The van der Waals surface area contributed by atoms with Crippen LogP contribution < -0.4 is 51.4 Å². The fourth-order valence-electron chi connectivity index (χ4n) is 0.717. The smallest absolute Gasteiger partial charge is 0.461 e. The topological polar surface area (TPSA) is 43.1 Å². The van der Waals surface area contributed by atoms with Crippen LogP contribution in [-0.4, -0.2) is 21.0 Å². The number of aryl methyl sites for hydroxylation is 2. The van der Waals surface area contributed by atoms with Gasteiger partial charge >= 0.3 is 51.4 Å². The third kappa shape index (κ3) is 5.82. The van der Waals surface area contributed by atoms with Gasteiger partial charge in [-0.1, -0.05) is 13.8 Å². The first-order valence-corrected chi connectivity index (χ1v) is 4.17. The van der Waals surface area contributed by atoms with Crippen LogP contribution in [0.5, 0.6) is 0 Å². The number of hydrogen-bond donors (Lipinski definition) is 0. The Morgan fingerprint density at radius 1 is 1.50 bits per heavy atom. The van der Waals surface area contributed by atoms with Gasteiger partial charge in [0.25, 0.3) is 0 Å². The molecule has 1 aromatic heterocycles. The van der Waals surface area contributed by atoms with Crippen molar-refractivity contribution in [3.63, 3.8) is 0 Å². The maximum Gasteiger partial charge on any atom is 1.00 e. The first kappa shape index (κ1) is 16.6. The van der Waals surface area contributed by atoms with Gasteiger partial charge in [0, 0.05) is 7.05 Å². The number of aromatic nitrogens is 3. The molecule has 5 heteroatoms. The van der Waals surface area contributed by atoms with Crippen molar-refractivity contribution in [2.75, 3.05) is 0 Å². The second-order valence-electron chi connectivity index (χ2n) is 2.04. The summed E-state index contributed by atoms with van der Waals surface area (Å²) in [6.07, 6.45) is 3.99. The molecule has 0 amide bonds. The Bertz CT molecular complexity index is 291. The second-order valence-corrected chi connectivity index (χ2v) is 2.04. The predicted molar refractivity (Wildman–Crippen MR) is 54.1 cm³/mol. The second kappa shape index (κ2) is 9.73. The van der Waals surface area contributed by atoms with Crippen LogP contribution in [0.25, 0.3) is 0 Å². The molecule has 4 nitrogen and oxygen atoms in total. The van der Waals surface area contributed by atoms with Gasteiger partial charge in [-0.3, -0.25) is 11.6 Å². The Hall–Kier alpha value is 0.186. The van der Waals surface area contributed by atoms with E-state index in [1.165, 1.54) is 6.21 Å². The Morgan fingerprint density at radius 3 is 2.43 bits per heavy atom. The summed E-state index contributed by atoms with van der Waals surface area (Å²) < 4.78 is 1.60. The number of allylic oxidation sites excluding steroid dienone is 1. The van der Waals surface area contributed by atoms with Gasteiger partial charge in [0.05, 0.1) is 0 Å². The molecule has 0 aromatic carbocycles. The van der Waals surface area contributed by atoms with Gasteiger partial charge < -0.3 is 6.08 Å². The molecule has 1 aromatic rings. The molecule has 0 unspecified atom stereocenters. The molecule has 0 radical (unpaired) electrons. The molecule has 0 fully saturated rings. The average Bonchev–Trinajstić information content (AvgIpc) is 2.45. The first-order valence-electron chi connectivity index (χ1n) is 4.17. The number of nitrogens with zero attached hydrogens (tertiary/aromatic N) is 4. The molecule has 72 valence electrons. The van der Waals surface area contributed by atoms with E-state index in [-0.39, 0.29) is 51.4 Å². The Balaban J connectivity index is 0. The molecule has 14 heavy (non-hydrogen) atoms. The molecule has 0 N–H and O–H groups in total. The molecular formula is C9H15KN4. The van der Waals surface area contributed by atoms with Crippen molar-refractivity contribution in [2.45, 2.75) is 20.8 Å². The fourth-order valence-corrected chi connectivity index (χ4v) is 0.717. The van der Waals surface area contributed by atoms with Crippen molar-refractivity contribution >= 4 is 12.2 Å². The van der Waals surface area contributed by atoms with Crippen LogP contribution in [0.4, 0.5) is 5.95 Å². The van der Waals surface area contributed by atoms with E-state index in [0.717, 1.165) is 0 Å². The van der Waals surface area contributed by atoms with Crippen LogP contribution in [0, 0.1) is 13.0 Å². The first-order chi connectivity index (χ1) is 6.24. The van der Waals surface area contributed by atoms with Crippen LogP contribution in [-0.2, 0) is 7.05 Å². The van der Waals surface area contributed by atoms with Gasteiger partial charge in [-0.2, -0.15) is 10.1 Å². The maximum atomic E-state index is 4.03. The molecule has 0 saturated heterocycles. The van der Waals surface area contributed by atoms with Crippen molar-refractivity contribution in [1.82, 2.24) is 14.8 Å². The van der Waals surface area contributed by atoms with Crippen molar-refractivity contribution in [2.24, 2.45) is 12.0 Å². The summed E-state index contributed by atoms with van der Waals surface area (Å²) in [6, 6.07) is 0. The zero-order chi connectivity index (χ0) is 10.3. The summed E-state index contributed by atoms with van der Waals surface area (Å²) in [4.78, 5) is 7.97. The van der Waals surface area contributed by atoms with E-state index in [4.69, 9.17) is 0 Å². The van der Waals surface area contributed by atoms with Crippen molar-refractivity contribution in [1.29, 1.82) is 0 Å². The molecule has 1 rings (SSSR count). The zero-order valence-electron chi connectivity index (χ0n) is 9.57. The number of hydrogen-bond acceptors (Lipinski definition) is 3. The van der Waals surface area contributed by atoms with E-state index >= 15 is 0 Å². The zero-order valence-corrected chi connectivity index (χ0v) is 12.7. The fraction of sp³-hybridized carbons (Fsp3) is 0.444. The molecule has 1 heterocycles. The summed E-state index contributed by atoms with van der Waals surface area (Å²) >= 11 is 0. The summed E-state index contributed by atoms with van der Waals surface area (Å²) in [5.41, 5.74) is 0. The Kier molecular flexibility index (Phi) is 11.5. The van der Waals surface area contributed by atoms with Crippen LogP contribution in [0.2, 0.25) is 0 Å². The molecule has 0 atom stereocenters. The van der Waals surface area contributed by atoms with E-state index in [9.17, 15) is 0 Å². The van der Waals surface area contributed by atoms with E-state index in [0.29, 0.717) is 11.8 Å². The van der Waals surface area contributed by atoms with Crippen molar-refractivity contribution in [3.8, 4) is 0 Å². The predicted octanol–water partition coefficient (Wildman–Crippen LogP) is -1.15. The molecule has 0 bridgehead atoms. The van der Waals surface area contributed by atoms with Gasteiger partial charge in [0.15, 0.2) is 0 Å². The van der Waals surface area contributed by atoms with E-state index < -0.39 is 0 Å². The third-order valence-corrected chi connectivity index (χ3v) is 1.12. The quantitative estimate of drug-likeness (QED) is 0.357. The van der Waals surface area contributed by atoms with Crippen LogP contribution in [0.1, 0.15) is 19.7 Å². The molecule has 0 aliphatic carbocycles. The van der Waals surface area contributed by atoms with E-state index in [2.05, 4.69) is 27.7 Å². The summed E-state index contributed by atoms with van der Waals surface area (Å²) in [5, 5.41) is 4.01. The van der Waals surface area contributed by atoms with Gasteiger partial charge in [-0.15, -0.1) is 6.21 Å². The van der Waals surface area contributed by atoms with Gasteiger partial charge in [0.1, 0.15) is 5.82 Å². The average molecular weight is 218 g/mol. The minimum absolute atomic E-state index is 0. The van der Waals surface area contributed by atoms with Crippen molar-refractivity contribution in [3.05, 3.63) is 18.5 Å². The van der Waals surface area contributed by atoms with Gasteiger partial charge in [0.2, 0.25) is 5.95 Å². The normalized spacial score (nSPS) is 8.86. The van der Waals surface area contributed by atoms with Crippen LogP contribution in [0.3, 0.4) is 0 Å². The minimum atomic E-state index is 0. The molecule has 0 aliphatic heterocycles. The van der Waals surface area contributed by atoms with Gasteiger partial charge in [-0.05, 0) is 6.92 Å². The number of rotatable bonds is 2. The van der Waals surface area contributed by atoms with Crippen LogP contribution >= 0.6 is 0 Å². The summed E-state index contributed by atoms with van der Waals surface area (Å²) in [7, 11) is 1.79. The molecule has 0 saturated carbocycles. The van der Waals surface area contributed by atoms with Crippen molar-refractivity contribution < 1.29 is 51.4 Å². The monoisotopic (exact) mass is 218 g/mol. The summed E-state index contributed by atoms with van der Waals surface area (Å²) in [5.74, 6) is 1.28. The maximum absolute atomic E-state index is 4.03. The van der Waals surface area contributed by atoms with E-state index in [1.807, 2.05) is 20.8 Å². The Labute approximate surface area is 128 Å². The standard InChI is InChI=1S/C7H9N4.C2H6.K/c1-4-5-8-7-9-6(2)10-11(7)3;1-2;/h5H,1H2,2-3H3;1-2H3;/q-1;;+1/b8-5-;;. The molecule has 0 spiro atoms. The van der Waals surface area contributed by atoms with Gasteiger partial charge in [-0.25, -0.2) is 4.68 Å². The minimum Gasteiger partial charge on any atom is -0.461 e. The SMILES string of the molecule is C=[C-]/C=N\c1nc(C)nn1C.CC.[K+]. The largest absolute Gasteiger partial charge is 1.00 e. The third-order valence-electron chi connectivity index (χ3n) is 1.12. The van der Waals surface area contributed by atoms with Crippen LogP contribution in [0.15, 0.2) is 11.6 Å².